The molecule has 53 valence electrons. The van der Waals surface area contributed by atoms with Gasteiger partial charge in [0.1, 0.15) is 0 Å². The number of nitrogens with zero attached hydrogens (tertiary/aromatic N) is 1. The van der Waals surface area contributed by atoms with Crippen molar-refractivity contribution in [2.45, 2.75) is 0 Å². The predicted octanol–water partition coefficient (Wildman–Crippen LogP) is 1.34. The molecular weight excluding hydrogens is 136 g/mol. The summed E-state index contributed by atoms with van der Waals surface area (Å²) in [4.78, 5) is 4.04. The molecule has 1 aliphatic heterocycles. The minimum Gasteiger partial charge on any atom is -0.356 e. The van der Waals surface area contributed by atoms with Gasteiger partial charge in [0.25, 0.3) is 12.4 Å². The molecule has 0 fully saturated rings. The minimum atomic E-state index is 1.10. The molecule has 0 atom stereocenters. The molecule has 1 aromatic rings. The van der Waals surface area contributed by atoms with E-state index in [2.05, 4.69) is 10.3 Å². The van der Waals surface area contributed by atoms with E-state index >= 15 is 0 Å². The smallest absolute Gasteiger partial charge is 0.258 e. The molecular formula is C9H8N2+. The molecule has 2 nitrogen and oxygen atoms in total. The van der Waals surface area contributed by atoms with Crippen LogP contribution in [0.2, 0.25) is 0 Å². The van der Waals surface area contributed by atoms with Gasteiger partial charge in [-0.15, -0.1) is 0 Å². The second kappa shape index (κ2) is 2.58. The molecule has 1 aliphatic rings. The number of anilines is 1. The second-order valence-electron chi connectivity index (χ2n) is 2.33. The number of rotatable bonds is 0. The number of para-hydroxylation sites is 1. The number of fused-ring (bicyclic) bond motifs is 1. The Kier molecular flexibility index (Phi) is 1.44. The lowest BCUT2D eigenvalue weighted by Gasteiger charge is -1.98. The van der Waals surface area contributed by atoms with E-state index in [0.717, 1.165) is 11.3 Å². The van der Waals surface area contributed by atoms with Crippen LogP contribution in [0.15, 0.2) is 36.7 Å². The molecule has 1 aromatic carbocycles. The highest BCUT2D eigenvalue weighted by molar-refractivity contribution is 5.88. The molecule has 0 aromatic heterocycles. The molecule has 2 rings (SSSR count). The van der Waals surface area contributed by atoms with Crippen LogP contribution in [0.3, 0.4) is 0 Å². The Morgan fingerprint density at radius 3 is 3.09 bits per heavy atom. The summed E-state index contributed by atoms with van der Waals surface area (Å²) in [5.74, 6) is 0. The summed E-state index contributed by atoms with van der Waals surface area (Å²) in [5, 5.41) is 3.12. The maximum Gasteiger partial charge on any atom is 0.258 e. The first-order valence-corrected chi connectivity index (χ1v) is 3.50. The van der Waals surface area contributed by atoms with Gasteiger partial charge in [-0.3, -0.25) is 0 Å². The highest BCUT2D eigenvalue weighted by atomic mass is 14.9. The second-order valence-corrected chi connectivity index (χ2v) is 2.33. The van der Waals surface area contributed by atoms with Crippen LogP contribution in [0.25, 0.3) is 0 Å². The summed E-state index contributed by atoms with van der Waals surface area (Å²) in [6.07, 6.45) is 5.40. The van der Waals surface area contributed by atoms with Crippen LogP contribution in [0.1, 0.15) is 5.56 Å². The maximum absolute atomic E-state index is 4.04. The minimum absolute atomic E-state index is 1.10. The van der Waals surface area contributed by atoms with Gasteiger partial charge in [-0.05, 0) is 12.1 Å². The summed E-state index contributed by atoms with van der Waals surface area (Å²) in [6, 6.07) is 8.05. The third-order valence-corrected chi connectivity index (χ3v) is 1.57. The summed E-state index contributed by atoms with van der Waals surface area (Å²) >= 11 is 0. The summed E-state index contributed by atoms with van der Waals surface area (Å²) in [7, 11) is 0. The molecule has 0 aliphatic carbocycles. The third-order valence-electron chi connectivity index (χ3n) is 1.57. The fraction of sp³-hybridized carbons (Fsp3) is 0. The molecule has 2 heteroatoms. The summed E-state index contributed by atoms with van der Waals surface area (Å²) < 4.78 is 0. The van der Waals surface area contributed by atoms with Crippen molar-refractivity contribution in [1.82, 2.24) is 4.99 Å². The van der Waals surface area contributed by atoms with E-state index in [4.69, 9.17) is 0 Å². The third kappa shape index (κ3) is 1.15. The molecule has 0 amide bonds. The van der Waals surface area contributed by atoms with Crippen LogP contribution in [0.5, 0.6) is 0 Å². The Bertz CT molecular complexity index is 313. The fourth-order valence-electron chi connectivity index (χ4n) is 1.03. The van der Waals surface area contributed by atoms with Gasteiger partial charge >= 0.3 is 0 Å². The van der Waals surface area contributed by atoms with Crippen molar-refractivity contribution in [3.63, 3.8) is 0 Å². The average Bonchev–Trinajstić information content (AvgIpc) is 2.28. The zero-order valence-electron chi connectivity index (χ0n) is 5.99. The van der Waals surface area contributed by atoms with Crippen molar-refractivity contribution in [2.24, 2.45) is 0 Å². The topological polar surface area (TPSA) is 26.1 Å². The van der Waals surface area contributed by atoms with Gasteiger partial charge in [-0.25, -0.2) is 0 Å². The number of hydrogen-bond acceptors (Lipinski definition) is 2. The van der Waals surface area contributed by atoms with E-state index in [1.54, 1.807) is 6.20 Å². The van der Waals surface area contributed by atoms with Crippen LogP contribution >= 0.6 is 0 Å². The van der Waals surface area contributed by atoms with Crippen LogP contribution in [0.4, 0.5) is 5.69 Å². The maximum atomic E-state index is 4.04. The summed E-state index contributed by atoms with van der Waals surface area (Å²) in [5.41, 5.74) is 2.22. The lowest BCUT2D eigenvalue weighted by molar-refractivity contribution is 1.40. The number of benzene rings is 1. The van der Waals surface area contributed by atoms with Gasteiger partial charge < -0.3 is 5.32 Å². The molecule has 0 saturated carbocycles. The Balaban J connectivity index is 2.52. The van der Waals surface area contributed by atoms with E-state index in [9.17, 15) is 0 Å². The first kappa shape index (κ1) is 6.16. The van der Waals surface area contributed by atoms with Crippen molar-refractivity contribution in [3.8, 4) is 0 Å². The molecule has 0 bridgehead atoms. The normalized spacial score (nSPS) is 13.5. The Labute approximate surface area is 65.3 Å². The Hall–Kier alpha value is -1.57. The summed E-state index contributed by atoms with van der Waals surface area (Å²) in [6.45, 7) is 0. The van der Waals surface area contributed by atoms with Crippen molar-refractivity contribution in [3.05, 3.63) is 42.2 Å². The monoisotopic (exact) mass is 144 g/mol. The van der Waals surface area contributed by atoms with Crippen molar-refractivity contribution in [1.29, 1.82) is 0 Å². The molecule has 11 heavy (non-hydrogen) atoms. The lowest BCUT2D eigenvalue weighted by Crippen LogP contribution is -1.90. The SMILES string of the molecule is C1=CNc2ccccc2C=[N+]1. The van der Waals surface area contributed by atoms with E-state index in [1.807, 2.05) is 36.7 Å². The largest absolute Gasteiger partial charge is 0.356 e. The molecule has 0 unspecified atom stereocenters. The first-order chi connectivity index (χ1) is 5.47. The highest BCUT2D eigenvalue weighted by Crippen LogP contribution is 2.12. The zero-order valence-corrected chi connectivity index (χ0v) is 5.99. The fourth-order valence-corrected chi connectivity index (χ4v) is 1.03. The number of nitrogens with one attached hydrogen (secondary N) is 1. The van der Waals surface area contributed by atoms with Crippen molar-refractivity contribution < 1.29 is 0 Å². The standard InChI is InChI=1S/C9H8N2/c1-2-4-9-8(3-1)7-10-5-6-11-9/h1-7,11H/q+1. The van der Waals surface area contributed by atoms with Gasteiger partial charge in [-0.2, -0.15) is 0 Å². The molecule has 0 saturated heterocycles. The van der Waals surface area contributed by atoms with Crippen LogP contribution in [0, 0.1) is 0 Å². The van der Waals surface area contributed by atoms with E-state index in [-0.39, 0.29) is 0 Å². The van der Waals surface area contributed by atoms with Gasteiger partial charge in [-0.1, -0.05) is 12.1 Å². The number of hydrogen-bond donors (Lipinski definition) is 1. The quantitative estimate of drug-likeness (QED) is 0.584. The Morgan fingerprint density at radius 2 is 2.09 bits per heavy atom. The predicted molar refractivity (Wildman–Crippen MR) is 46.5 cm³/mol. The zero-order chi connectivity index (χ0) is 7.52. The van der Waals surface area contributed by atoms with Crippen LogP contribution < -0.4 is 10.3 Å². The Morgan fingerprint density at radius 1 is 1.18 bits per heavy atom. The molecule has 1 radical (unpaired) electrons. The lowest BCUT2D eigenvalue weighted by atomic mass is 10.2. The van der Waals surface area contributed by atoms with E-state index in [1.165, 1.54) is 0 Å². The highest BCUT2D eigenvalue weighted by Gasteiger charge is 2.03. The van der Waals surface area contributed by atoms with Crippen LogP contribution in [-0.4, -0.2) is 6.21 Å². The van der Waals surface area contributed by atoms with Gasteiger partial charge in [0.15, 0.2) is 0 Å². The van der Waals surface area contributed by atoms with E-state index in [0.29, 0.717) is 0 Å². The molecule has 0 spiro atoms. The van der Waals surface area contributed by atoms with E-state index < -0.39 is 0 Å². The van der Waals surface area contributed by atoms with Crippen LogP contribution in [-0.2, 0) is 0 Å². The van der Waals surface area contributed by atoms with Gasteiger partial charge in [0.2, 0.25) is 0 Å². The first-order valence-electron chi connectivity index (χ1n) is 3.50. The van der Waals surface area contributed by atoms with Crippen molar-refractivity contribution in [2.75, 3.05) is 5.32 Å². The van der Waals surface area contributed by atoms with Gasteiger partial charge in [0.05, 0.1) is 22.4 Å². The number of aliphatic imine (C=N–C) groups is 1. The molecule has 1 N–H and O–H groups in total. The molecule has 1 heterocycles. The average molecular weight is 144 g/mol. The van der Waals surface area contributed by atoms with Gasteiger partial charge in [0, 0.05) is 0 Å². The van der Waals surface area contributed by atoms with Crippen molar-refractivity contribution >= 4 is 11.9 Å².